The van der Waals surface area contributed by atoms with Crippen molar-refractivity contribution in [3.05, 3.63) is 5.82 Å². The van der Waals surface area contributed by atoms with Crippen LogP contribution in [0.5, 0.6) is 0 Å². The van der Waals surface area contributed by atoms with Gasteiger partial charge < -0.3 is 15.6 Å². The van der Waals surface area contributed by atoms with E-state index in [9.17, 15) is 4.79 Å². The van der Waals surface area contributed by atoms with E-state index in [2.05, 4.69) is 15.5 Å². The number of carbonyl (C=O) groups is 1. The van der Waals surface area contributed by atoms with Gasteiger partial charge in [-0.1, -0.05) is 11.8 Å². The number of nitrogens with zero attached hydrogens (tertiary/aromatic N) is 3. The molecule has 0 radical (unpaired) electrons. The Morgan fingerprint density at radius 2 is 2.11 bits per heavy atom. The average molecular weight is 285 g/mol. The van der Waals surface area contributed by atoms with E-state index >= 15 is 0 Å². The Hall–Kier alpha value is -1.08. The normalized spacial score (nSPS) is 13.4. The summed E-state index contributed by atoms with van der Waals surface area (Å²) in [5.41, 5.74) is 5.37. The minimum absolute atomic E-state index is 0.00236. The average Bonchev–Trinajstić information content (AvgIpc) is 2.68. The molecule has 0 saturated heterocycles. The molecule has 0 fully saturated rings. The zero-order chi connectivity index (χ0) is 14.6. The quantitative estimate of drug-likeness (QED) is 0.793. The second-order valence-electron chi connectivity index (χ2n) is 5.35. The Labute approximate surface area is 118 Å². The van der Waals surface area contributed by atoms with Crippen LogP contribution in [0.2, 0.25) is 0 Å². The van der Waals surface area contributed by atoms with Gasteiger partial charge in [-0.2, -0.15) is 0 Å². The van der Waals surface area contributed by atoms with E-state index in [1.54, 1.807) is 0 Å². The lowest BCUT2D eigenvalue weighted by molar-refractivity contribution is -0.121. The van der Waals surface area contributed by atoms with Crippen molar-refractivity contribution in [2.24, 2.45) is 5.73 Å². The van der Waals surface area contributed by atoms with Crippen molar-refractivity contribution in [3.63, 3.8) is 0 Å². The van der Waals surface area contributed by atoms with Gasteiger partial charge in [-0.05, 0) is 34.6 Å². The van der Waals surface area contributed by atoms with Gasteiger partial charge in [0.2, 0.25) is 5.91 Å². The fraction of sp³-hybridized carbons (Fsp3) is 0.750. The lowest BCUT2D eigenvalue weighted by Crippen LogP contribution is -2.44. The molecule has 0 aromatic carbocycles. The van der Waals surface area contributed by atoms with Crippen LogP contribution in [0, 0.1) is 0 Å². The highest BCUT2D eigenvalue weighted by Crippen LogP contribution is 2.22. The smallest absolute Gasteiger partial charge is 0.233 e. The highest BCUT2D eigenvalue weighted by Gasteiger charge is 2.22. The van der Waals surface area contributed by atoms with Gasteiger partial charge in [0, 0.05) is 12.1 Å². The molecule has 0 bridgehead atoms. The molecule has 3 N–H and O–H groups in total. The van der Waals surface area contributed by atoms with Crippen molar-refractivity contribution in [1.29, 1.82) is 0 Å². The molecule has 1 aromatic heterocycles. The molecule has 1 amide bonds. The largest absolute Gasteiger partial charge is 0.351 e. The molecule has 0 spiro atoms. The van der Waals surface area contributed by atoms with E-state index in [4.69, 9.17) is 5.73 Å². The minimum atomic E-state index is -0.229. The van der Waals surface area contributed by atoms with Crippen LogP contribution in [-0.2, 0) is 17.9 Å². The fourth-order valence-electron chi connectivity index (χ4n) is 1.56. The van der Waals surface area contributed by atoms with Crippen LogP contribution in [0.4, 0.5) is 0 Å². The summed E-state index contributed by atoms with van der Waals surface area (Å²) in [6.45, 7) is 10.9. The number of thioether (sulfide) groups is 1. The van der Waals surface area contributed by atoms with Gasteiger partial charge in [-0.25, -0.2) is 0 Å². The van der Waals surface area contributed by atoms with E-state index < -0.39 is 0 Å². The van der Waals surface area contributed by atoms with Crippen molar-refractivity contribution in [3.8, 4) is 0 Å². The number of nitrogens with two attached hydrogens (primary N) is 1. The molecule has 0 aliphatic heterocycles. The van der Waals surface area contributed by atoms with Gasteiger partial charge in [0.25, 0.3) is 0 Å². The van der Waals surface area contributed by atoms with Crippen molar-refractivity contribution >= 4 is 17.7 Å². The van der Waals surface area contributed by atoms with Crippen LogP contribution in [0.1, 0.15) is 40.4 Å². The van der Waals surface area contributed by atoms with Crippen LogP contribution in [0.3, 0.4) is 0 Å². The molecule has 1 rings (SSSR count). The number of rotatable bonds is 5. The van der Waals surface area contributed by atoms with E-state index in [1.807, 2.05) is 39.2 Å². The maximum atomic E-state index is 12.0. The number of carbonyl (C=O) groups excluding carboxylic acids is 1. The molecular weight excluding hydrogens is 262 g/mol. The monoisotopic (exact) mass is 285 g/mol. The van der Waals surface area contributed by atoms with E-state index in [0.717, 1.165) is 17.5 Å². The highest BCUT2D eigenvalue weighted by atomic mass is 32.2. The summed E-state index contributed by atoms with van der Waals surface area (Å²) in [5.74, 6) is 0.742. The third-order valence-corrected chi connectivity index (χ3v) is 3.52. The Balaban J connectivity index is 2.74. The molecule has 0 aliphatic rings. The van der Waals surface area contributed by atoms with Gasteiger partial charge in [0.15, 0.2) is 5.16 Å². The molecule has 1 aromatic rings. The van der Waals surface area contributed by atoms with Gasteiger partial charge >= 0.3 is 0 Å². The third-order valence-electron chi connectivity index (χ3n) is 2.44. The SMILES string of the molecule is CCn1c(CN)nnc1SC(C)C(=O)NC(C)(C)C. The van der Waals surface area contributed by atoms with Crippen molar-refractivity contribution in [1.82, 2.24) is 20.1 Å². The predicted octanol–water partition coefficient (Wildman–Crippen LogP) is 1.15. The van der Waals surface area contributed by atoms with Crippen LogP contribution >= 0.6 is 11.8 Å². The van der Waals surface area contributed by atoms with Crippen LogP contribution < -0.4 is 11.1 Å². The zero-order valence-corrected chi connectivity index (χ0v) is 13.0. The maximum absolute atomic E-state index is 12.0. The number of amides is 1. The summed E-state index contributed by atoms with van der Waals surface area (Å²) in [6.07, 6.45) is 0. The molecule has 108 valence electrons. The topological polar surface area (TPSA) is 85.8 Å². The fourth-order valence-corrected chi connectivity index (χ4v) is 2.49. The Kier molecular flexibility index (Phi) is 5.37. The summed E-state index contributed by atoms with van der Waals surface area (Å²) >= 11 is 1.40. The molecule has 1 unspecified atom stereocenters. The Morgan fingerprint density at radius 3 is 2.58 bits per heavy atom. The highest BCUT2D eigenvalue weighted by molar-refractivity contribution is 8.00. The number of aromatic nitrogens is 3. The number of nitrogens with one attached hydrogen (secondary N) is 1. The minimum Gasteiger partial charge on any atom is -0.351 e. The molecule has 6 nitrogen and oxygen atoms in total. The Morgan fingerprint density at radius 1 is 1.47 bits per heavy atom. The summed E-state index contributed by atoms with van der Waals surface area (Å²) < 4.78 is 1.94. The van der Waals surface area contributed by atoms with Gasteiger partial charge in [-0.15, -0.1) is 10.2 Å². The standard InChI is InChI=1S/C12H23N5OS/c1-6-17-9(7-13)15-16-11(17)19-8(2)10(18)14-12(3,4)5/h8H,6-7,13H2,1-5H3,(H,14,18). The molecule has 0 aliphatic carbocycles. The molecular formula is C12H23N5OS. The summed E-state index contributed by atoms with van der Waals surface area (Å²) in [6, 6.07) is 0. The molecule has 1 atom stereocenters. The van der Waals surface area contributed by atoms with Crippen LogP contribution in [0.25, 0.3) is 0 Å². The van der Waals surface area contributed by atoms with E-state index in [-0.39, 0.29) is 16.7 Å². The van der Waals surface area contributed by atoms with Crippen molar-refractivity contribution in [2.45, 2.75) is 63.7 Å². The summed E-state index contributed by atoms with van der Waals surface area (Å²) in [7, 11) is 0. The van der Waals surface area contributed by atoms with Crippen LogP contribution in [-0.4, -0.2) is 31.5 Å². The number of hydrogen-bond acceptors (Lipinski definition) is 5. The first-order valence-corrected chi connectivity index (χ1v) is 7.27. The van der Waals surface area contributed by atoms with Gasteiger partial charge in [0.1, 0.15) is 5.82 Å². The second kappa shape index (κ2) is 6.38. The summed E-state index contributed by atoms with van der Waals surface area (Å²) in [4.78, 5) is 12.0. The van der Waals surface area contributed by atoms with Crippen molar-refractivity contribution in [2.75, 3.05) is 0 Å². The van der Waals surface area contributed by atoms with E-state index in [1.165, 1.54) is 11.8 Å². The molecule has 7 heteroatoms. The van der Waals surface area contributed by atoms with E-state index in [0.29, 0.717) is 6.54 Å². The Bertz CT molecular complexity index is 438. The molecule has 1 heterocycles. The first kappa shape index (κ1) is 16.0. The lowest BCUT2D eigenvalue weighted by Gasteiger charge is -2.22. The summed E-state index contributed by atoms with van der Waals surface area (Å²) in [5, 5.41) is 11.6. The van der Waals surface area contributed by atoms with Crippen molar-refractivity contribution < 1.29 is 4.79 Å². The van der Waals surface area contributed by atoms with Gasteiger partial charge in [-0.3, -0.25) is 4.79 Å². The second-order valence-corrected chi connectivity index (χ2v) is 6.65. The predicted molar refractivity (Wildman–Crippen MR) is 76.8 cm³/mol. The first-order chi connectivity index (χ1) is 8.78. The third kappa shape index (κ3) is 4.50. The lowest BCUT2D eigenvalue weighted by atomic mass is 10.1. The first-order valence-electron chi connectivity index (χ1n) is 6.39. The molecule has 0 saturated carbocycles. The number of hydrogen-bond donors (Lipinski definition) is 2. The van der Waals surface area contributed by atoms with Gasteiger partial charge in [0.05, 0.1) is 11.8 Å². The maximum Gasteiger partial charge on any atom is 0.233 e. The molecule has 19 heavy (non-hydrogen) atoms. The van der Waals surface area contributed by atoms with Crippen LogP contribution in [0.15, 0.2) is 5.16 Å². The zero-order valence-electron chi connectivity index (χ0n) is 12.2.